The van der Waals surface area contributed by atoms with Crippen LogP contribution in [-0.4, -0.2) is 37.8 Å². The number of aromatic carboxylic acids is 1. The lowest BCUT2D eigenvalue weighted by Gasteiger charge is -2.36. The van der Waals surface area contributed by atoms with Crippen LogP contribution in [0.25, 0.3) is 16.8 Å². The summed E-state index contributed by atoms with van der Waals surface area (Å²) in [6.07, 6.45) is 1.32. The molecule has 1 atom stereocenters. The first-order chi connectivity index (χ1) is 21.3. The van der Waals surface area contributed by atoms with E-state index in [0.717, 1.165) is 5.56 Å². The van der Waals surface area contributed by atoms with Crippen LogP contribution in [0.1, 0.15) is 34.5 Å². The van der Waals surface area contributed by atoms with Crippen molar-refractivity contribution in [1.29, 1.82) is 0 Å². The Bertz CT molecular complexity index is 1950. The van der Waals surface area contributed by atoms with Gasteiger partial charge in [0.15, 0.2) is 5.58 Å². The monoisotopic (exact) mass is 604 g/mol. The number of rotatable bonds is 7. The average molecular weight is 605 g/mol. The standard InChI is InChI=1S/C33H25ClN6O4/c1-19(21-10-4-3-5-11-21)40-20(2)28(30(41)37-27-18-22(31(42)43)16-17-35-27)29(23-12-6-7-13-24(23)34)38-32(40)39-33-36-25-14-8-9-15-26(25)44-33/h3-18,29H,1H2,2H3,(H,42,43)(H,35,37,41)(H,36,38,39). The van der Waals surface area contributed by atoms with Crippen LogP contribution in [0, 0.1) is 0 Å². The van der Waals surface area contributed by atoms with Crippen LogP contribution < -0.4 is 10.6 Å². The van der Waals surface area contributed by atoms with Crippen molar-refractivity contribution in [3.05, 3.63) is 137 Å². The van der Waals surface area contributed by atoms with Gasteiger partial charge in [-0.2, -0.15) is 4.98 Å². The second-order valence-electron chi connectivity index (χ2n) is 9.82. The molecule has 2 aromatic heterocycles. The maximum Gasteiger partial charge on any atom is 0.335 e. The molecule has 0 saturated carbocycles. The van der Waals surface area contributed by atoms with E-state index in [9.17, 15) is 14.7 Å². The molecule has 1 unspecified atom stereocenters. The van der Waals surface area contributed by atoms with E-state index in [1.54, 1.807) is 30.0 Å². The number of hydrogen-bond acceptors (Lipinski definition) is 8. The van der Waals surface area contributed by atoms with E-state index in [0.29, 0.717) is 39.0 Å². The Morgan fingerprint density at radius 2 is 1.70 bits per heavy atom. The molecule has 0 aliphatic carbocycles. The zero-order valence-electron chi connectivity index (χ0n) is 23.4. The topological polar surface area (TPSA) is 133 Å². The Labute approximate surface area is 257 Å². The van der Waals surface area contributed by atoms with Crippen LogP contribution in [0.4, 0.5) is 11.8 Å². The number of carbonyl (C=O) groups excluding carboxylic acids is 1. The highest BCUT2D eigenvalue weighted by atomic mass is 35.5. The summed E-state index contributed by atoms with van der Waals surface area (Å²) >= 11 is 6.66. The SMILES string of the molecule is C=C(c1ccccc1)N1C(Nc2nc3ccccc3o2)=NC(c2ccccc2Cl)C(C(=O)Nc2cc(C(=O)O)ccn2)=C1C. The van der Waals surface area contributed by atoms with Crippen LogP contribution in [0.15, 0.2) is 124 Å². The van der Waals surface area contributed by atoms with Crippen molar-refractivity contribution >= 4 is 58.1 Å². The predicted octanol–water partition coefficient (Wildman–Crippen LogP) is 6.98. The summed E-state index contributed by atoms with van der Waals surface area (Å²) in [6, 6.07) is 25.9. The number of benzene rings is 3. The fraction of sp³-hybridized carbons (Fsp3) is 0.0606. The van der Waals surface area contributed by atoms with Gasteiger partial charge in [-0.1, -0.05) is 78.8 Å². The second-order valence-corrected chi connectivity index (χ2v) is 10.2. The van der Waals surface area contributed by atoms with Crippen molar-refractivity contribution in [2.45, 2.75) is 13.0 Å². The Kier molecular flexibility index (Phi) is 7.65. The van der Waals surface area contributed by atoms with Crippen molar-refractivity contribution in [3.63, 3.8) is 0 Å². The van der Waals surface area contributed by atoms with Crippen LogP contribution in [0.3, 0.4) is 0 Å². The number of nitrogens with zero attached hydrogens (tertiary/aromatic N) is 4. The molecule has 3 N–H and O–H groups in total. The predicted molar refractivity (Wildman–Crippen MR) is 169 cm³/mol. The van der Waals surface area contributed by atoms with Gasteiger partial charge < -0.3 is 14.8 Å². The molecule has 11 heteroatoms. The number of carbonyl (C=O) groups is 2. The molecule has 5 aromatic rings. The molecular formula is C33H25ClN6O4. The zero-order chi connectivity index (χ0) is 30.8. The van der Waals surface area contributed by atoms with Gasteiger partial charge in [0.25, 0.3) is 5.91 Å². The molecule has 44 heavy (non-hydrogen) atoms. The van der Waals surface area contributed by atoms with Crippen LogP contribution in [0.2, 0.25) is 5.02 Å². The third-order valence-electron chi connectivity index (χ3n) is 7.04. The molecule has 1 amide bonds. The number of para-hydroxylation sites is 2. The third-order valence-corrected chi connectivity index (χ3v) is 7.39. The summed E-state index contributed by atoms with van der Waals surface area (Å²) in [5.41, 5.74) is 3.86. The van der Waals surface area contributed by atoms with Gasteiger partial charge >= 0.3 is 12.0 Å². The number of hydrogen-bond donors (Lipinski definition) is 3. The van der Waals surface area contributed by atoms with Gasteiger partial charge in [-0.25, -0.2) is 14.8 Å². The number of oxazole rings is 1. The van der Waals surface area contributed by atoms with E-state index in [4.69, 9.17) is 21.0 Å². The number of fused-ring (bicyclic) bond motifs is 1. The lowest BCUT2D eigenvalue weighted by molar-refractivity contribution is -0.113. The Morgan fingerprint density at radius 1 is 0.977 bits per heavy atom. The Balaban J connectivity index is 1.49. The number of aromatic nitrogens is 2. The molecule has 1 aliphatic heterocycles. The Hall–Kier alpha value is -5.74. The zero-order valence-corrected chi connectivity index (χ0v) is 24.1. The summed E-state index contributed by atoms with van der Waals surface area (Å²) in [7, 11) is 0. The number of carboxylic acid groups (broad SMARTS) is 1. The second kappa shape index (κ2) is 11.9. The lowest BCUT2D eigenvalue weighted by atomic mass is 9.94. The number of amides is 1. The van der Waals surface area contributed by atoms with Crippen molar-refractivity contribution in [2.24, 2.45) is 4.99 Å². The highest BCUT2D eigenvalue weighted by Gasteiger charge is 2.36. The first kappa shape index (κ1) is 28.4. The van der Waals surface area contributed by atoms with Gasteiger partial charge in [0.2, 0.25) is 5.96 Å². The summed E-state index contributed by atoms with van der Waals surface area (Å²) in [5, 5.41) is 15.8. The number of aliphatic imine (C=N–C) groups is 1. The number of nitrogens with one attached hydrogen (secondary N) is 2. The molecular weight excluding hydrogens is 580 g/mol. The van der Waals surface area contributed by atoms with Crippen molar-refractivity contribution < 1.29 is 19.1 Å². The number of anilines is 2. The molecule has 10 nitrogen and oxygen atoms in total. The van der Waals surface area contributed by atoms with Crippen molar-refractivity contribution in [1.82, 2.24) is 14.9 Å². The van der Waals surface area contributed by atoms with Gasteiger partial charge in [-0.05, 0) is 42.8 Å². The fourth-order valence-corrected chi connectivity index (χ4v) is 5.19. The highest BCUT2D eigenvalue weighted by Crippen LogP contribution is 2.40. The maximum absolute atomic E-state index is 14.1. The quantitative estimate of drug-likeness (QED) is 0.181. The Morgan fingerprint density at radius 3 is 2.45 bits per heavy atom. The fourth-order valence-electron chi connectivity index (χ4n) is 4.95. The number of carboxylic acids is 1. The van der Waals surface area contributed by atoms with E-state index in [1.807, 2.05) is 60.7 Å². The molecule has 0 fully saturated rings. The van der Waals surface area contributed by atoms with Gasteiger partial charge in [-0.3, -0.25) is 15.0 Å². The smallest absolute Gasteiger partial charge is 0.335 e. The van der Waals surface area contributed by atoms with E-state index in [-0.39, 0.29) is 23.0 Å². The van der Waals surface area contributed by atoms with Crippen LogP contribution in [0.5, 0.6) is 0 Å². The first-order valence-corrected chi connectivity index (χ1v) is 13.9. The molecule has 0 bridgehead atoms. The molecule has 3 heterocycles. The minimum Gasteiger partial charge on any atom is -0.478 e. The molecule has 1 aliphatic rings. The number of halogens is 1. The number of guanidine groups is 1. The summed E-state index contributed by atoms with van der Waals surface area (Å²) < 4.78 is 5.95. The highest BCUT2D eigenvalue weighted by molar-refractivity contribution is 6.31. The van der Waals surface area contributed by atoms with Gasteiger partial charge in [0, 0.05) is 28.2 Å². The van der Waals surface area contributed by atoms with Crippen molar-refractivity contribution in [2.75, 3.05) is 10.6 Å². The normalized spacial score (nSPS) is 14.7. The van der Waals surface area contributed by atoms with E-state index >= 15 is 0 Å². The molecule has 0 saturated heterocycles. The van der Waals surface area contributed by atoms with E-state index in [1.165, 1.54) is 18.3 Å². The maximum atomic E-state index is 14.1. The minimum absolute atomic E-state index is 0.0192. The molecule has 218 valence electrons. The third kappa shape index (κ3) is 5.53. The number of pyridine rings is 1. The minimum atomic E-state index is -1.14. The largest absolute Gasteiger partial charge is 0.478 e. The molecule has 0 radical (unpaired) electrons. The van der Waals surface area contributed by atoms with Gasteiger partial charge in [-0.15, -0.1) is 0 Å². The van der Waals surface area contributed by atoms with Crippen LogP contribution >= 0.6 is 11.6 Å². The summed E-state index contributed by atoms with van der Waals surface area (Å²) in [6.45, 7) is 6.12. The van der Waals surface area contributed by atoms with E-state index in [2.05, 4.69) is 27.2 Å². The van der Waals surface area contributed by atoms with Gasteiger partial charge in [0.1, 0.15) is 17.4 Å². The molecule has 0 spiro atoms. The van der Waals surface area contributed by atoms with E-state index < -0.39 is 17.9 Å². The number of allylic oxidation sites excluding steroid dienone is 1. The van der Waals surface area contributed by atoms with Gasteiger partial charge in [0.05, 0.1) is 11.1 Å². The summed E-state index contributed by atoms with van der Waals surface area (Å²) in [5.74, 6) is -1.32. The van der Waals surface area contributed by atoms with Crippen molar-refractivity contribution in [3.8, 4) is 0 Å². The molecule has 6 rings (SSSR count). The average Bonchev–Trinajstić information content (AvgIpc) is 3.44. The first-order valence-electron chi connectivity index (χ1n) is 13.5. The molecule has 3 aromatic carbocycles. The summed E-state index contributed by atoms with van der Waals surface area (Å²) in [4.78, 5) is 41.0. The lowest BCUT2D eigenvalue weighted by Crippen LogP contribution is -2.40. The van der Waals surface area contributed by atoms with Crippen LogP contribution in [-0.2, 0) is 4.79 Å².